The molecule has 0 saturated carbocycles. The third kappa shape index (κ3) is 3.94. The van der Waals surface area contributed by atoms with Crippen LogP contribution >= 0.6 is 11.3 Å². The summed E-state index contributed by atoms with van der Waals surface area (Å²) in [5.74, 6) is -0.294. The fourth-order valence-electron chi connectivity index (χ4n) is 2.48. The lowest BCUT2D eigenvalue weighted by Gasteiger charge is -2.20. The molecule has 2 heterocycles. The van der Waals surface area contributed by atoms with E-state index >= 15 is 0 Å². The average Bonchev–Trinajstić information content (AvgIpc) is 2.93. The van der Waals surface area contributed by atoms with Gasteiger partial charge in [-0.3, -0.25) is 4.79 Å². The topological polar surface area (TPSA) is 145 Å². The summed E-state index contributed by atoms with van der Waals surface area (Å²) in [5.41, 5.74) is 7.30. The quantitative estimate of drug-likeness (QED) is 0.674. The van der Waals surface area contributed by atoms with E-state index in [2.05, 4.69) is 15.0 Å². The van der Waals surface area contributed by atoms with Crippen LogP contribution in [0.4, 0.5) is 16.8 Å². The second-order valence-corrected chi connectivity index (χ2v) is 8.20. The highest BCUT2D eigenvalue weighted by Crippen LogP contribution is 2.32. The summed E-state index contributed by atoms with van der Waals surface area (Å²) in [5, 5.41) is 5.59. The first-order valence-electron chi connectivity index (χ1n) is 7.66. The average molecular weight is 404 g/mol. The number of thiazole rings is 1. The van der Waals surface area contributed by atoms with E-state index in [1.807, 2.05) is 6.92 Å². The van der Waals surface area contributed by atoms with Crippen LogP contribution < -0.4 is 15.8 Å². The van der Waals surface area contributed by atoms with Crippen LogP contribution in [-0.4, -0.2) is 29.3 Å². The number of carbonyl (C=O) groups is 1. The van der Waals surface area contributed by atoms with Crippen LogP contribution in [0.1, 0.15) is 12.6 Å². The molecule has 0 atom stereocenters. The van der Waals surface area contributed by atoms with Crippen LogP contribution in [0.2, 0.25) is 0 Å². The van der Waals surface area contributed by atoms with E-state index in [-0.39, 0.29) is 22.4 Å². The number of aromatic nitrogens is 3. The van der Waals surface area contributed by atoms with Gasteiger partial charge in [0.15, 0.2) is 5.13 Å². The number of anilines is 3. The van der Waals surface area contributed by atoms with E-state index in [0.717, 1.165) is 4.88 Å². The van der Waals surface area contributed by atoms with Gasteiger partial charge in [-0.15, -0.1) is 0 Å². The molecule has 0 aliphatic carbocycles. The molecule has 1 aromatic carbocycles. The van der Waals surface area contributed by atoms with Crippen molar-refractivity contribution < 1.29 is 13.2 Å². The SMILES string of the molecule is CC(=O)N(c1cccc(S(N)(=O)=O)c1)c1nccc(-c2sc(N)nc2C)n1. The Bertz CT molecular complexity index is 1130. The first-order valence-corrected chi connectivity index (χ1v) is 10.0. The van der Waals surface area contributed by atoms with Crippen molar-refractivity contribution in [2.24, 2.45) is 5.14 Å². The molecule has 11 heteroatoms. The zero-order chi connectivity index (χ0) is 19.8. The minimum absolute atomic E-state index is 0.0953. The molecule has 0 aliphatic heterocycles. The van der Waals surface area contributed by atoms with Gasteiger partial charge >= 0.3 is 0 Å². The van der Waals surface area contributed by atoms with Gasteiger partial charge < -0.3 is 5.73 Å². The number of nitrogens with two attached hydrogens (primary N) is 2. The van der Waals surface area contributed by atoms with Crippen molar-refractivity contribution in [3.63, 3.8) is 0 Å². The Morgan fingerprint density at radius 1 is 1.22 bits per heavy atom. The van der Waals surface area contributed by atoms with E-state index in [9.17, 15) is 13.2 Å². The van der Waals surface area contributed by atoms with Crippen molar-refractivity contribution in [2.75, 3.05) is 10.6 Å². The van der Waals surface area contributed by atoms with E-state index in [1.54, 1.807) is 12.1 Å². The standard InChI is InChI=1S/C16H16N6O3S2/c1-9-14(26-15(17)20-9)13-6-7-19-16(21-13)22(10(2)23)11-4-3-5-12(8-11)27(18,24)25/h3-8H,1-2H3,(H2,17,20)(H2,18,24,25). The number of nitrogen functional groups attached to an aromatic ring is 1. The summed E-state index contributed by atoms with van der Waals surface area (Å²) in [4.78, 5) is 26.9. The fraction of sp³-hybridized carbons (Fsp3) is 0.125. The molecular weight excluding hydrogens is 388 g/mol. The minimum atomic E-state index is -3.92. The summed E-state index contributed by atoms with van der Waals surface area (Å²) in [6.45, 7) is 3.14. The monoisotopic (exact) mass is 404 g/mol. The van der Waals surface area contributed by atoms with Crippen molar-refractivity contribution in [1.29, 1.82) is 0 Å². The lowest BCUT2D eigenvalue weighted by atomic mass is 10.2. The van der Waals surface area contributed by atoms with E-state index in [0.29, 0.717) is 16.5 Å². The molecule has 0 saturated heterocycles. The Hall–Kier alpha value is -2.89. The van der Waals surface area contributed by atoms with Crippen LogP contribution in [-0.2, 0) is 14.8 Å². The molecule has 0 unspecified atom stereocenters. The van der Waals surface area contributed by atoms with Gasteiger partial charge in [0.05, 0.1) is 26.8 Å². The second kappa shape index (κ2) is 7.02. The number of nitrogens with zero attached hydrogens (tertiary/aromatic N) is 4. The maximum absolute atomic E-state index is 12.3. The molecule has 2 aromatic heterocycles. The summed E-state index contributed by atoms with van der Waals surface area (Å²) in [6, 6.07) is 7.38. The molecular formula is C16H16N6O3S2. The molecule has 0 aliphatic rings. The van der Waals surface area contributed by atoms with E-state index < -0.39 is 10.0 Å². The number of rotatable bonds is 4. The van der Waals surface area contributed by atoms with Crippen molar-refractivity contribution in [3.05, 3.63) is 42.2 Å². The van der Waals surface area contributed by atoms with Gasteiger partial charge in [-0.2, -0.15) is 0 Å². The molecule has 9 nitrogen and oxygen atoms in total. The Balaban J connectivity index is 2.11. The Morgan fingerprint density at radius 3 is 2.56 bits per heavy atom. The molecule has 0 spiro atoms. The van der Waals surface area contributed by atoms with Crippen molar-refractivity contribution >= 4 is 44.0 Å². The Kier molecular flexibility index (Phi) is 4.91. The lowest BCUT2D eigenvalue weighted by Crippen LogP contribution is -2.25. The highest BCUT2D eigenvalue weighted by atomic mass is 32.2. The molecule has 3 rings (SSSR count). The first-order chi connectivity index (χ1) is 12.7. The number of hydrogen-bond acceptors (Lipinski definition) is 8. The summed E-state index contributed by atoms with van der Waals surface area (Å²) in [6.07, 6.45) is 1.51. The number of carbonyl (C=O) groups excluding carboxylic acids is 1. The van der Waals surface area contributed by atoms with Gasteiger partial charge in [0, 0.05) is 13.1 Å². The molecule has 27 heavy (non-hydrogen) atoms. The van der Waals surface area contributed by atoms with Crippen LogP contribution in [0, 0.1) is 6.92 Å². The normalized spacial score (nSPS) is 11.4. The van der Waals surface area contributed by atoms with Crippen LogP contribution in [0.3, 0.4) is 0 Å². The van der Waals surface area contributed by atoms with Crippen LogP contribution in [0.15, 0.2) is 41.4 Å². The molecule has 0 bridgehead atoms. The van der Waals surface area contributed by atoms with Gasteiger partial charge in [0.25, 0.3) is 0 Å². The largest absolute Gasteiger partial charge is 0.375 e. The van der Waals surface area contributed by atoms with Crippen molar-refractivity contribution in [2.45, 2.75) is 18.7 Å². The predicted octanol–water partition coefficient (Wildman–Crippen LogP) is 1.82. The van der Waals surface area contributed by atoms with Gasteiger partial charge in [0.1, 0.15) is 0 Å². The number of sulfonamides is 1. The number of primary sulfonamides is 1. The Labute approximate surface area is 159 Å². The highest BCUT2D eigenvalue weighted by molar-refractivity contribution is 7.89. The first kappa shape index (κ1) is 18.9. The third-order valence-corrected chi connectivity index (χ3v) is 5.53. The highest BCUT2D eigenvalue weighted by Gasteiger charge is 2.20. The van der Waals surface area contributed by atoms with Crippen molar-refractivity contribution in [3.8, 4) is 10.6 Å². The minimum Gasteiger partial charge on any atom is -0.375 e. The number of hydrogen-bond donors (Lipinski definition) is 2. The van der Waals surface area contributed by atoms with E-state index in [4.69, 9.17) is 10.9 Å². The van der Waals surface area contributed by atoms with Gasteiger partial charge in [-0.25, -0.2) is 33.4 Å². The smallest absolute Gasteiger partial charge is 0.238 e. The fourth-order valence-corrected chi connectivity index (χ4v) is 3.83. The number of amides is 1. The molecule has 0 fully saturated rings. The summed E-state index contributed by atoms with van der Waals surface area (Å²) in [7, 11) is -3.92. The molecule has 0 radical (unpaired) electrons. The second-order valence-electron chi connectivity index (χ2n) is 5.61. The number of aryl methyl sites for hydroxylation is 1. The lowest BCUT2D eigenvalue weighted by molar-refractivity contribution is -0.115. The van der Waals surface area contributed by atoms with Crippen LogP contribution in [0.25, 0.3) is 10.6 Å². The zero-order valence-corrected chi connectivity index (χ0v) is 16.1. The molecule has 4 N–H and O–H groups in total. The third-order valence-electron chi connectivity index (χ3n) is 3.61. The van der Waals surface area contributed by atoms with Gasteiger partial charge in [-0.05, 0) is 31.2 Å². The summed E-state index contributed by atoms with van der Waals surface area (Å²) >= 11 is 1.28. The summed E-state index contributed by atoms with van der Waals surface area (Å²) < 4.78 is 23.2. The van der Waals surface area contributed by atoms with E-state index in [1.165, 1.54) is 47.6 Å². The molecule has 3 aromatic rings. The maximum atomic E-state index is 12.3. The number of benzene rings is 1. The Morgan fingerprint density at radius 2 is 1.96 bits per heavy atom. The van der Waals surface area contributed by atoms with Crippen molar-refractivity contribution in [1.82, 2.24) is 15.0 Å². The maximum Gasteiger partial charge on any atom is 0.238 e. The zero-order valence-electron chi connectivity index (χ0n) is 14.4. The van der Waals surface area contributed by atoms with Gasteiger partial charge in [0.2, 0.25) is 21.9 Å². The van der Waals surface area contributed by atoms with Gasteiger partial charge in [-0.1, -0.05) is 17.4 Å². The van der Waals surface area contributed by atoms with Crippen LogP contribution in [0.5, 0.6) is 0 Å². The predicted molar refractivity (Wildman–Crippen MR) is 103 cm³/mol. The molecule has 1 amide bonds. The molecule has 140 valence electrons.